The van der Waals surface area contributed by atoms with E-state index in [1.165, 1.54) is 0 Å². The molecule has 0 saturated heterocycles. The molecule has 1 heterocycles. The normalized spacial score (nSPS) is 19.0. The second kappa shape index (κ2) is 12.3. The summed E-state index contributed by atoms with van der Waals surface area (Å²) in [6.45, 7) is 9.54. The fourth-order valence-corrected chi connectivity index (χ4v) is 8.23. The molecule has 0 aromatic heterocycles. The van der Waals surface area contributed by atoms with E-state index < -0.39 is 5.92 Å². The minimum Gasteiger partial charge on any atom is -0.493 e. The summed E-state index contributed by atoms with van der Waals surface area (Å²) >= 11 is 7.05. The third kappa shape index (κ3) is 5.94. The predicted octanol–water partition coefficient (Wildman–Crippen LogP) is 9.97. The lowest BCUT2D eigenvalue weighted by Crippen LogP contribution is -2.44. The number of halogens is 1. The topological polar surface area (TPSA) is 55.8 Å². The van der Waals surface area contributed by atoms with Crippen molar-refractivity contribution in [1.82, 2.24) is 4.90 Å². The third-order valence-corrected chi connectivity index (χ3v) is 10.3. The maximum atomic E-state index is 14.3. The smallest absolute Gasteiger partial charge is 0.180 e. The quantitative estimate of drug-likeness (QED) is 0.198. The van der Waals surface area contributed by atoms with Crippen molar-refractivity contribution in [2.75, 3.05) is 7.11 Å². The number of benzene rings is 4. The van der Waals surface area contributed by atoms with Crippen molar-refractivity contribution in [3.05, 3.63) is 129 Å². The Hall–Kier alpha value is -4.35. The summed E-state index contributed by atoms with van der Waals surface area (Å²) in [5.74, 6) is 0.543. The highest BCUT2D eigenvalue weighted by Crippen LogP contribution is 2.56. The lowest BCUT2D eigenvalue weighted by Gasteiger charge is -2.49. The Bertz CT molecular complexity index is 1950. The molecule has 0 atom stereocenters. The second-order valence-electron chi connectivity index (χ2n) is 15.1. The van der Waals surface area contributed by atoms with Gasteiger partial charge in [-0.05, 0) is 63.3 Å². The van der Waals surface area contributed by atoms with Gasteiger partial charge in [0.2, 0.25) is 0 Å². The first-order chi connectivity index (χ1) is 22.9. The van der Waals surface area contributed by atoms with E-state index in [9.17, 15) is 9.59 Å². The van der Waals surface area contributed by atoms with Crippen LogP contribution in [0.15, 0.2) is 107 Å². The standard InChI is InChI=1S/C42H42ClNO4/c1-41(2)20-32-38(34(45)22-41)37(39-33(21-42(3,4)23-35(39)46)44(32)24-26-12-7-6-8-13-26)29-18-31(43)40(36(19-29)47-5)48-25-28-16-11-15-27-14-9-10-17-30(27)28/h6-19,37H,20-25H2,1-5H3. The van der Waals surface area contributed by atoms with E-state index in [4.69, 9.17) is 21.1 Å². The van der Waals surface area contributed by atoms with E-state index in [-0.39, 0.29) is 22.4 Å². The average Bonchev–Trinajstić information content (AvgIpc) is 3.04. The van der Waals surface area contributed by atoms with E-state index in [0.29, 0.717) is 53.7 Å². The van der Waals surface area contributed by atoms with E-state index in [1.807, 2.05) is 48.5 Å². The molecule has 0 amide bonds. The van der Waals surface area contributed by atoms with Crippen molar-refractivity contribution in [1.29, 1.82) is 0 Å². The Morgan fingerprint density at radius 1 is 0.771 bits per heavy atom. The number of ketones is 2. The maximum Gasteiger partial charge on any atom is 0.180 e. The minimum absolute atomic E-state index is 0.0832. The fourth-order valence-electron chi connectivity index (χ4n) is 7.95. The van der Waals surface area contributed by atoms with E-state index in [0.717, 1.165) is 51.7 Å². The number of Topliss-reactive ketones (excluding diaryl/α,β-unsaturated/α-hetero) is 2. The molecular formula is C42H42ClNO4. The van der Waals surface area contributed by atoms with Gasteiger partial charge in [-0.1, -0.05) is 112 Å². The number of methoxy groups -OCH3 is 1. The molecular weight excluding hydrogens is 618 g/mol. The summed E-state index contributed by atoms with van der Waals surface area (Å²) < 4.78 is 12.3. The Morgan fingerprint density at radius 2 is 1.38 bits per heavy atom. The largest absolute Gasteiger partial charge is 0.493 e. The van der Waals surface area contributed by atoms with Crippen molar-refractivity contribution in [2.24, 2.45) is 10.8 Å². The molecule has 48 heavy (non-hydrogen) atoms. The minimum atomic E-state index is -0.534. The Morgan fingerprint density at radius 3 is 2.02 bits per heavy atom. The van der Waals surface area contributed by atoms with Crippen LogP contribution in [0.5, 0.6) is 11.5 Å². The number of hydrogen-bond donors (Lipinski definition) is 0. The molecule has 3 aliphatic rings. The molecule has 4 aromatic carbocycles. The van der Waals surface area contributed by atoms with Gasteiger partial charge in [0.25, 0.3) is 0 Å². The van der Waals surface area contributed by atoms with Gasteiger partial charge in [0, 0.05) is 47.8 Å². The average molecular weight is 660 g/mol. The fraction of sp³-hybridized carbons (Fsp3) is 0.333. The van der Waals surface area contributed by atoms with Crippen LogP contribution in [0.1, 0.15) is 76.0 Å². The number of rotatable bonds is 7. The van der Waals surface area contributed by atoms with Gasteiger partial charge in [0.15, 0.2) is 23.1 Å². The summed E-state index contributed by atoms with van der Waals surface area (Å²) in [5, 5.41) is 2.64. The van der Waals surface area contributed by atoms with Crippen LogP contribution in [0.3, 0.4) is 0 Å². The molecule has 4 aromatic rings. The summed E-state index contributed by atoms with van der Waals surface area (Å²) in [6.07, 6.45) is 2.31. The maximum absolute atomic E-state index is 14.3. The van der Waals surface area contributed by atoms with Crippen molar-refractivity contribution < 1.29 is 19.1 Å². The third-order valence-electron chi connectivity index (χ3n) is 10.0. The highest BCUT2D eigenvalue weighted by atomic mass is 35.5. The zero-order chi connectivity index (χ0) is 33.8. The zero-order valence-electron chi connectivity index (χ0n) is 28.4. The highest BCUT2D eigenvalue weighted by molar-refractivity contribution is 6.32. The summed E-state index contributed by atoms with van der Waals surface area (Å²) in [7, 11) is 1.60. The van der Waals surface area contributed by atoms with Crippen LogP contribution in [0, 0.1) is 10.8 Å². The Balaban J connectivity index is 1.35. The van der Waals surface area contributed by atoms with Crippen molar-refractivity contribution >= 4 is 33.9 Å². The van der Waals surface area contributed by atoms with Crippen LogP contribution in [-0.2, 0) is 22.7 Å². The number of ether oxygens (including phenoxy) is 2. The van der Waals surface area contributed by atoms with Gasteiger partial charge < -0.3 is 14.4 Å². The molecule has 1 aliphatic heterocycles. The number of allylic oxidation sites excluding steroid dienone is 4. The van der Waals surface area contributed by atoms with Crippen molar-refractivity contribution in [3.8, 4) is 11.5 Å². The van der Waals surface area contributed by atoms with Crippen LogP contribution in [0.2, 0.25) is 5.02 Å². The van der Waals surface area contributed by atoms with Crippen LogP contribution in [0.4, 0.5) is 0 Å². The second-order valence-corrected chi connectivity index (χ2v) is 15.5. The molecule has 0 unspecified atom stereocenters. The number of nitrogens with zero attached hydrogens (tertiary/aromatic N) is 1. The summed E-state index contributed by atoms with van der Waals surface area (Å²) in [5.41, 5.74) is 5.97. The van der Waals surface area contributed by atoms with Crippen LogP contribution < -0.4 is 9.47 Å². The summed E-state index contributed by atoms with van der Waals surface area (Å²) in [4.78, 5) is 30.9. The molecule has 0 saturated carbocycles. The van der Waals surface area contributed by atoms with Gasteiger partial charge in [-0.2, -0.15) is 0 Å². The molecule has 2 aliphatic carbocycles. The Labute approximate surface area is 288 Å². The molecule has 6 heteroatoms. The highest BCUT2D eigenvalue weighted by Gasteiger charge is 2.49. The molecule has 246 valence electrons. The monoisotopic (exact) mass is 659 g/mol. The van der Waals surface area contributed by atoms with Crippen molar-refractivity contribution in [3.63, 3.8) is 0 Å². The van der Waals surface area contributed by atoms with E-state index >= 15 is 0 Å². The summed E-state index contributed by atoms with van der Waals surface area (Å²) in [6, 6.07) is 28.5. The SMILES string of the molecule is COc1cc(C2C3=C(CC(C)(C)CC3=O)N(Cc3ccccc3)C3=C2C(=O)CC(C)(C)C3)cc(Cl)c1OCc1cccc2ccccc12. The molecule has 0 spiro atoms. The van der Waals surface area contributed by atoms with Gasteiger partial charge in [-0.25, -0.2) is 0 Å². The van der Waals surface area contributed by atoms with Crippen LogP contribution >= 0.6 is 11.6 Å². The number of fused-ring (bicyclic) bond motifs is 1. The van der Waals surface area contributed by atoms with Gasteiger partial charge in [0.1, 0.15) is 6.61 Å². The van der Waals surface area contributed by atoms with Crippen LogP contribution in [0.25, 0.3) is 10.8 Å². The lowest BCUT2D eigenvalue weighted by molar-refractivity contribution is -0.119. The first kappa shape index (κ1) is 32.2. The van der Waals surface area contributed by atoms with Gasteiger partial charge >= 0.3 is 0 Å². The van der Waals surface area contributed by atoms with Crippen molar-refractivity contribution in [2.45, 2.75) is 72.4 Å². The first-order valence-electron chi connectivity index (χ1n) is 16.8. The Kier molecular flexibility index (Phi) is 8.23. The van der Waals surface area contributed by atoms with Gasteiger partial charge in [-0.3, -0.25) is 9.59 Å². The molecule has 7 rings (SSSR count). The van der Waals surface area contributed by atoms with Gasteiger partial charge in [-0.15, -0.1) is 0 Å². The molecule has 5 nitrogen and oxygen atoms in total. The molecule has 0 N–H and O–H groups in total. The molecule has 0 bridgehead atoms. The predicted molar refractivity (Wildman–Crippen MR) is 191 cm³/mol. The van der Waals surface area contributed by atoms with E-state index in [2.05, 4.69) is 69.0 Å². The lowest BCUT2D eigenvalue weighted by atomic mass is 9.63. The van der Waals surface area contributed by atoms with Crippen LogP contribution in [-0.4, -0.2) is 23.6 Å². The zero-order valence-corrected chi connectivity index (χ0v) is 29.1. The number of carbonyl (C=O) groups excluding carboxylic acids is 2. The number of carbonyl (C=O) groups is 2. The number of hydrogen-bond acceptors (Lipinski definition) is 5. The van der Waals surface area contributed by atoms with E-state index in [1.54, 1.807) is 7.11 Å². The van der Waals surface area contributed by atoms with Gasteiger partial charge in [0.05, 0.1) is 12.1 Å². The molecule has 0 fully saturated rings. The molecule has 0 radical (unpaired) electrons. The first-order valence-corrected chi connectivity index (χ1v) is 17.1.